The number of anilines is 1. The zero-order chi connectivity index (χ0) is 28.0. The number of H-pyrrole nitrogens is 2. The Morgan fingerprint density at radius 2 is 1.90 bits per heavy atom. The fourth-order valence-corrected chi connectivity index (χ4v) is 5.32. The van der Waals surface area contributed by atoms with Crippen LogP contribution >= 0.6 is 0 Å². The van der Waals surface area contributed by atoms with Crippen LogP contribution in [-0.2, 0) is 5.41 Å². The van der Waals surface area contributed by atoms with E-state index in [4.69, 9.17) is 9.72 Å². The molecule has 9 nitrogen and oxygen atoms in total. The minimum atomic E-state index is -2.70. The summed E-state index contributed by atoms with van der Waals surface area (Å²) in [6, 6.07) is 6.84. The van der Waals surface area contributed by atoms with E-state index in [2.05, 4.69) is 36.9 Å². The minimum Gasteiger partial charge on any atom is -0.491 e. The van der Waals surface area contributed by atoms with Gasteiger partial charge in [0.05, 0.1) is 35.3 Å². The minimum absolute atomic E-state index is 0.206. The van der Waals surface area contributed by atoms with Crippen molar-refractivity contribution in [3.05, 3.63) is 60.3 Å². The number of ether oxygens (including phenoxy) is 1. The second kappa shape index (κ2) is 10.00. The molecule has 2 N–H and O–H groups in total. The second-order valence-electron chi connectivity index (χ2n) is 10.3. The first-order valence-corrected chi connectivity index (χ1v) is 13.2. The van der Waals surface area contributed by atoms with Crippen molar-refractivity contribution in [2.75, 3.05) is 24.6 Å². The van der Waals surface area contributed by atoms with Gasteiger partial charge in [-0.3, -0.25) is 0 Å². The van der Waals surface area contributed by atoms with Crippen LogP contribution in [-0.4, -0.2) is 54.4 Å². The predicted molar refractivity (Wildman–Crippen MR) is 145 cm³/mol. The number of piperidine rings is 1. The number of hydrogen-bond acceptors (Lipinski definition) is 6. The number of fused-ring (bicyclic) bond motifs is 1. The normalized spacial score (nSPS) is 15.3. The van der Waals surface area contributed by atoms with E-state index in [0.29, 0.717) is 28.2 Å². The van der Waals surface area contributed by atoms with Crippen molar-refractivity contribution >= 4 is 16.9 Å². The van der Waals surface area contributed by atoms with Crippen LogP contribution in [0.1, 0.15) is 44.8 Å². The van der Waals surface area contributed by atoms with Crippen LogP contribution in [0.5, 0.6) is 5.75 Å². The molecule has 0 atom stereocenters. The Balaban J connectivity index is 1.22. The molecule has 0 aliphatic carbocycles. The number of benzene rings is 1. The van der Waals surface area contributed by atoms with Gasteiger partial charge in [-0.05, 0) is 51.0 Å². The molecule has 0 spiro atoms. The Morgan fingerprint density at radius 3 is 2.60 bits per heavy atom. The average molecular weight is 551 g/mol. The van der Waals surface area contributed by atoms with Gasteiger partial charge in [-0.25, -0.2) is 24.0 Å². The predicted octanol–water partition coefficient (Wildman–Crippen LogP) is 6.01. The molecular formula is C28H29F3N8O. The summed E-state index contributed by atoms with van der Waals surface area (Å²) in [4.78, 5) is 22.6. The van der Waals surface area contributed by atoms with Gasteiger partial charge in [0, 0.05) is 35.8 Å². The molecule has 0 bridgehead atoms. The monoisotopic (exact) mass is 550 g/mol. The number of hydrogen-bond donors (Lipinski definition) is 2. The van der Waals surface area contributed by atoms with Crippen LogP contribution in [0.3, 0.4) is 0 Å². The lowest BCUT2D eigenvalue weighted by atomic mass is 9.79. The third kappa shape index (κ3) is 4.56. The first-order valence-electron chi connectivity index (χ1n) is 13.2. The van der Waals surface area contributed by atoms with Crippen molar-refractivity contribution in [2.45, 2.75) is 45.6 Å². The van der Waals surface area contributed by atoms with E-state index >= 15 is 0 Å². The van der Waals surface area contributed by atoms with Gasteiger partial charge in [0.15, 0.2) is 11.6 Å². The molecule has 0 radical (unpaired) electrons. The highest BCUT2D eigenvalue weighted by Crippen LogP contribution is 2.38. The lowest BCUT2D eigenvalue weighted by Gasteiger charge is -2.38. The zero-order valence-corrected chi connectivity index (χ0v) is 22.4. The van der Waals surface area contributed by atoms with Crippen molar-refractivity contribution in [1.29, 1.82) is 0 Å². The molecule has 1 aromatic carbocycles. The largest absolute Gasteiger partial charge is 0.491 e. The number of alkyl halides is 2. The summed E-state index contributed by atoms with van der Waals surface area (Å²) in [5.41, 5.74) is 3.96. The number of halogens is 3. The van der Waals surface area contributed by atoms with Crippen LogP contribution in [0.2, 0.25) is 0 Å². The van der Waals surface area contributed by atoms with E-state index in [-0.39, 0.29) is 11.2 Å². The molecule has 0 saturated carbocycles. The van der Waals surface area contributed by atoms with Crippen LogP contribution in [0.15, 0.2) is 43.0 Å². The molecule has 208 valence electrons. The molecule has 4 aromatic heterocycles. The number of nitrogens with one attached hydrogen (secondary N) is 2. The number of aromatic nitrogens is 7. The van der Waals surface area contributed by atoms with Gasteiger partial charge in [-0.1, -0.05) is 6.92 Å². The highest BCUT2D eigenvalue weighted by molar-refractivity contribution is 5.91. The molecule has 5 aromatic rings. The molecule has 1 aliphatic heterocycles. The van der Waals surface area contributed by atoms with Gasteiger partial charge in [0.1, 0.15) is 23.6 Å². The average Bonchev–Trinajstić information content (AvgIpc) is 3.68. The van der Waals surface area contributed by atoms with Gasteiger partial charge in [-0.2, -0.15) is 13.9 Å². The first kappa shape index (κ1) is 25.9. The van der Waals surface area contributed by atoms with Gasteiger partial charge in [-0.15, -0.1) is 0 Å². The topological polar surface area (TPSA) is 101 Å². The van der Waals surface area contributed by atoms with Crippen LogP contribution in [0.4, 0.5) is 19.0 Å². The van der Waals surface area contributed by atoms with Gasteiger partial charge < -0.3 is 19.6 Å². The Labute approximate surface area is 228 Å². The fraction of sp³-hybridized carbons (Fsp3) is 0.357. The van der Waals surface area contributed by atoms with E-state index in [9.17, 15) is 13.2 Å². The quantitative estimate of drug-likeness (QED) is 0.257. The molecule has 0 amide bonds. The second-order valence-corrected chi connectivity index (χ2v) is 10.3. The number of nitrogens with zero attached hydrogens (tertiary/aromatic N) is 6. The summed E-state index contributed by atoms with van der Waals surface area (Å²) < 4.78 is 46.5. The van der Waals surface area contributed by atoms with Crippen molar-refractivity contribution < 1.29 is 17.9 Å². The van der Waals surface area contributed by atoms with E-state index < -0.39 is 12.4 Å². The maximum Gasteiger partial charge on any atom is 0.333 e. The molecular weight excluding hydrogens is 521 g/mol. The lowest BCUT2D eigenvalue weighted by molar-refractivity contribution is 0.0566. The molecule has 5 heterocycles. The summed E-state index contributed by atoms with van der Waals surface area (Å²) >= 11 is 0. The highest BCUT2D eigenvalue weighted by Gasteiger charge is 2.36. The standard InChI is InChI=1S/C28H29F3N8O/c1-4-40-22-6-5-17(11-20(22)29)23-16(2)35-26(37-23)28(3)7-9-38(10-8-28)25-19-12-21(36-24(19)32-15-33-25)18-13-34-39(14-18)27(30)31/h5-6,11-15,27H,4,7-10H2,1-3H3,(H,35,37)(H,32,33,36). The number of rotatable bonds is 7. The summed E-state index contributed by atoms with van der Waals surface area (Å²) in [6.45, 7) is 5.11. The third-order valence-electron chi connectivity index (χ3n) is 7.66. The summed E-state index contributed by atoms with van der Waals surface area (Å²) in [5.74, 6) is 1.50. The Kier molecular flexibility index (Phi) is 6.47. The van der Waals surface area contributed by atoms with E-state index in [1.807, 2.05) is 26.0 Å². The molecule has 1 fully saturated rings. The van der Waals surface area contributed by atoms with Gasteiger partial charge in [0.25, 0.3) is 0 Å². The summed E-state index contributed by atoms with van der Waals surface area (Å²) in [7, 11) is 0. The SMILES string of the molecule is CCOc1ccc(-c2[nH]c(C3(C)CCN(c4ncnc5[nH]c(-c6cnn(C(F)F)c6)cc45)CC3)nc2C)cc1F. The summed E-state index contributed by atoms with van der Waals surface area (Å²) in [5, 5.41) is 4.55. The molecule has 1 saturated heterocycles. The maximum absolute atomic E-state index is 14.5. The molecule has 0 unspecified atom stereocenters. The lowest BCUT2D eigenvalue weighted by Crippen LogP contribution is -2.42. The molecule has 40 heavy (non-hydrogen) atoms. The Morgan fingerprint density at radius 1 is 1.10 bits per heavy atom. The van der Waals surface area contributed by atoms with Gasteiger partial charge in [0.2, 0.25) is 0 Å². The molecule has 1 aliphatic rings. The number of imidazole rings is 1. The highest BCUT2D eigenvalue weighted by atomic mass is 19.3. The summed E-state index contributed by atoms with van der Waals surface area (Å²) in [6.07, 6.45) is 5.85. The van der Waals surface area contributed by atoms with Crippen LogP contribution in [0, 0.1) is 12.7 Å². The van der Waals surface area contributed by atoms with E-state index in [0.717, 1.165) is 59.9 Å². The Hall–Kier alpha value is -4.35. The van der Waals surface area contributed by atoms with Crippen LogP contribution in [0.25, 0.3) is 33.5 Å². The van der Waals surface area contributed by atoms with Crippen molar-refractivity contribution in [2.24, 2.45) is 0 Å². The number of aryl methyl sites for hydroxylation is 1. The molecule has 6 rings (SSSR count). The van der Waals surface area contributed by atoms with Crippen molar-refractivity contribution in [3.63, 3.8) is 0 Å². The van der Waals surface area contributed by atoms with Crippen LogP contribution < -0.4 is 9.64 Å². The smallest absolute Gasteiger partial charge is 0.333 e. The first-order chi connectivity index (χ1) is 19.3. The maximum atomic E-state index is 14.5. The molecule has 12 heteroatoms. The third-order valence-corrected chi connectivity index (χ3v) is 7.66. The van der Waals surface area contributed by atoms with E-state index in [1.165, 1.54) is 24.8 Å². The van der Waals surface area contributed by atoms with E-state index in [1.54, 1.807) is 6.07 Å². The van der Waals surface area contributed by atoms with Crippen molar-refractivity contribution in [1.82, 2.24) is 34.7 Å². The number of aromatic amines is 2. The van der Waals surface area contributed by atoms with Crippen molar-refractivity contribution in [3.8, 4) is 28.3 Å². The zero-order valence-electron chi connectivity index (χ0n) is 22.4. The fourth-order valence-electron chi connectivity index (χ4n) is 5.32. The van der Waals surface area contributed by atoms with Gasteiger partial charge >= 0.3 is 6.55 Å². The Bertz CT molecular complexity index is 1670.